The lowest BCUT2D eigenvalue weighted by atomic mass is 9.74. The van der Waals surface area contributed by atoms with Crippen molar-refractivity contribution in [2.24, 2.45) is 11.8 Å². The third-order valence-corrected chi connectivity index (χ3v) is 6.81. The fourth-order valence-electron chi connectivity index (χ4n) is 4.86. The second kappa shape index (κ2) is 8.72. The molecule has 1 atom stereocenters. The molecule has 1 aromatic carbocycles. The van der Waals surface area contributed by atoms with Crippen LogP contribution in [0, 0.1) is 17.7 Å². The Balaban J connectivity index is 1.51. The van der Waals surface area contributed by atoms with Gasteiger partial charge in [-0.05, 0) is 55.2 Å². The van der Waals surface area contributed by atoms with Gasteiger partial charge in [0.1, 0.15) is 17.2 Å². The van der Waals surface area contributed by atoms with Crippen LogP contribution in [0.4, 0.5) is 15.9 Å². The molecule has 8 nitrogen and oxygen atoms in total. The van der Waals surface area contributed by atoms with Gasteiger partial charge in [-0.2, -0.15) is 9.97 Å². The van der Waals surface area contributed by atoms with Crippen LogP contribution < -0.4 is 15.4 Å². The van der Waals surface area contributed by atoms with Crippen molar-refractivity contribution in [2.45, 2.75) is 44.9 Å². The van der Waals surface area contributed by atoms with E-state index in [1.807, 2.05) is 0 Å². The molecule has 4 rings (SSSR count). The Kier molecular flexibility index (Phi) is 5.99. The van der Waals surface area contributed by atoms with Crippen LogP contribution in [0.2, 0.25) is 0 Å². The summed E-state index contributed by atoms with van der Waals surface area (Å²) in [5.74, 6) is -1.64. The lowest BCUT2D eigenvalue weighted by Crippen LogP contribution is -2.39. The quantitative estimate of drug-likeness (QED) is 0.728. The first-order valence-electron chi connectivity index (χ1n) is 10.8. The Morgan fingerprint density at radius 2 is 2.00 bits per heavy atom. The Hall–Kier alpha value is -3.23. The summed E-state index contributed by atoms with van der Waals surface area (Å²) in [7, 11) is 1.43. The summed E-state index contributed by atoms with van der Waals surface area (Å²) in [6.45, 7) is 2.09. The number of anilines is 2. The predicted molar refractivity (Wildman–Crippen MR) is 116 cm³/mol. The number of nitrogens with two attached hydrogens (primary N) is 1. The van der Waals surface area contributed by atoms with Gasteiger partial charge in [0.2, 0.25) is 0 Å². The molecule has 0 radical (unpaired) electrons. The van der Waals surface area contributed by atoms with E-state index in [0.717, 1.165) is 25.7 Å². The Morgan fingerprint density at radius 1 is 1.28 bits per heavy atom. The minimum absolute atomic E-state index is 0.0472. The molecule has 3 N–H and O–H groups in total. The maximum Gasteiger partial charge on any atom is 0.318 e. The zero-order valence-electron chi connectivity index (χ0n) is 18.2. The average Bonchev–Trinajstić information content (AvgIpc) is 2.78. The lowest BCUT2D eigenvalue weighted by molar-refractivity contribution is -0.143. The number of carboxylic acids is 1. The van der Waals surface area contributed by atoms with Crippen molar-refractivity contribution in [3.05, 3.63) is 40.8 Å². The summed E-state index contributed by atoms with van der Waals surface area (Å²) in [5, 5.41) is 9.23. The topological polar surface area (TPSA) is 119 Å². The predicted octanol–water partition coefficient (Wildman–Crippen LogP) is 3.40. The van der Waals surface area contributed by atoms with E-state index in [0.29, 0.717) is 29.9 Å². The summed E-state index contributed by atoms with van der Waals surface area (Å²) in [6, 6.07) is 5.01. The van der Waals surface area contributed by atoms with Crippen LogP contribution >= 0.6 is 0 Å². The molecule has 1 saturated carbocycles. The third-order valence-electron chi connectivity index (χ3n) is 6.81. The normalized spacial score (nSPS) is 21.7. The van der Waals surface area contributed by atoms with E-state index in [4.69, 9.17) is 10.5 Å². The van der Waals surface area contributed by atoms with Gasteiger partial charge in [-0.3, -0.25) is 9.59 Å². The first-order chi connectivity index (χ1) is 15.3. The number of fused-ring (bicyclic) bond motifs is 1. The van der Waals surface area contributed by atoms with Crippen molar-refractivity contribution in [3.8, 4) is 6.01 Å². The van der Waals surface area contributed by atoms with Crippen molar-refractivity contribution in [3.63, 3.8) is 0 Å². The number of nitrogen functional groups attached to an aromatic ring is 1. The number of aromatic nitrogens is 2. The molecular weight excluding hydrogens is 415 g/mol. The summed E-state index contributed by atoms with van der Waals surface area (Å²) >= 11 is 0. The number of carbonyl (C=O) groups excluding carboxylic acids is 1. The molecular formula is C23H27FN4O4. The van der Waals surface area contributed by atoms with Crippen LogP contribution in [0.3, 0.4) is 0 Å². The van der Waals surface area contributed by atoms with Gasteiger partial charge in [-0.1, -0.05) is 13.0 Å². The fourth-order valence-corrected chi connectivity index (χ4v) is 4.86. The molecule has 2 aromatic rings. The van der Waals surface area contributed by atoms with Gasteiger partial charge in [0.05, 0.1) is 18.7 Å². The van der Waals surface area contributed by atoms with Crippen molar-refractivity contribution >= 4 is 23.4 Å². The fraction of sp³-hybridized carbons (Fsp3) is 0.478. The van der Waals surface area contributed by atoms with E-state index in [2.05, 4.69) is 9.97 Å². The monoisotopic (exact) mass is 442 g/mol. The number of ether oxygens (including phenoxy) is 1. The van der Waals surface area contributed by atoms with Crippen LogP contribution in [0.15, 0.2) is 18.2 Å². The van der Waals surface area contributed by atoms with E-state index >= 15 is 4.39 Å². The highest BCUT2D eigenvalue weighted by Crippen LogP contribution is 2.40. The summed E-state index contributed by atoms with van der Waals surface area (Å²) in [6.07, 6.45) is 3.50. The first-order valence-corrected chi connectivity index (χ1v) is 10.8. The van der Waals surface area contributed by atoms with Crippen molar-refractivity contribution in [2.75, 3.05) is 24.3 Å². The highest BCUT2D eigenvalue weighted by Gasteiger charge is 2.33. The zero-order chi connectivity index (χ0) is 23.0. The standard InChI is InChI=1S/C23H27FN4O4/c1-12(22(30)31)13-3-5-14(6-4-13)16-8-7-15(11-17(16)24)28-10-9-18-19(21(28)29)20(25)27-23(26-18)32-2/h7-8,11-14H,3-6,9-10H2,1-2H3,(H,30,31)(H2,25,26,27)/t12?,13-,14-. The van der Waals surface area contributed by atoms with Crippen LogP contribution in [0.1, 0.15) is 60.1 Å². The molecule has 1 aliphatic heterocycles. The second-order valence-electron chi connectivity index (χ2n) is 8.57. The average molecular weight is 442 g/mol. The van der Waals surface area contributed by atoms with Gasteiger partial charge in [0, 0.05) is 18.7 Å². The molecule has 0 saturated heterocycles. The third kappa shape index (κ3) is 3.99. The SMILES string of the molecule is COc1nc(N)c2c(n1)CCN(c1ccc([C@H]3CC[C@H](C(C)C(=O)O)CC3)c(F)c1)C2=O. The number of nitrogens with zero attached hydrogens (tertiary/aromatic N) is 3. The van der Waals surface area contributed by atoms with Gasteiger partial charge in [0.25, 0.3) is 5.91 Å². The Bertz CT molecular complexity index is 1050. The summed E-state index contributed by atoms with van der Waals surface area (Å²) < 4.78 is 20.1. The molecule has 2 heterocycles. The van der Waals surface area contributed by atoms with Crippen molar-refractivity contribution in [1.82, 2.24) is 9.97 Å². The van der Waals surface area contributed by atoms with Gasteiger partial charge < -0.3 is 20.5 Å². The number of aliphatic carboxylic acids is 1. The first kappa shape index (κ1) is 22.0. The number of amides is 1. The van der Waals surface area contributed by atoms with E-state index in [1.54, 1.807) is 19.1 Å². The number of carbonyl (C=O) groups is 2. The molecule has 0 spiro atoms. The van der Waals surface area contributed by atoms with E-state index in [9.17, 15) is 14.7 Å². The molecule has 1 fully saturated rings. The van der Waals surface area contributed by atoms with Crippen LogP contribution in [-0.2, 0) is 11.2 Å². The van der Waals surface area contributed by atoms with Gasteiger partial charge >= 0.3 is 12.0 Å². The van der Waals surface area contributed by atoms with E-state index in [-0.39, 0.29) is 46.9 Å². The Morgan fingerprint density at radius 3 is 2.62 bits per heavy atom. The smallest absolute Gasteiger partial charge is 0.318 e. The molecule has 1 unspecified atom stereocenters. The lowest BCUT2D eigenvalue weighted by Gasteiger charge is -2.32. The minimum atomic E-state index is -0.777. The summed E-state index contributed by atoms with van der Waals surface area (Å²) in [4.78, 5) is 34.0. The molecule has 1 aromatic heterocycles. The van der Waals surface area contributed by atoms with Crippen LogP contribution in [0.5, 0.6) is 6.01 Å². The second-order valence-corrected chi connectivity index (χ2v) is 8.57. The maximum atomic E-state index is 15.1. The number of halogens is 1. The molecule has 1 aliphatic carbocycles. The number of hydrogen-bond acceptors (Lipinski definition) is 6. The Labute approximate surface area is 185 Å². The number of rotatable bonds is 5. The molecule has 0 bridgehead atoms. The summed E-state index contributed by atoms with van der Waals surface area (Å²) in [5.41, 5.74) is 7.80. The van der Waals surface area contributed by atoms with E-state index < -0.39 is 5.97 Å². The van der Waals surface area contributed by atoms with Crippen molar-refractivity contribution < 1.29 is 23.8 Å². The zero-order valence-corrected chi connectivity index (χ0v) is 18.2. The molecule has 9 heteroatoms. The van der Waals surface area contributed by atoms with Gasteiger partial charge in [-0.15, -0.1) is 0 Å². The number of hydrogen-bond donors (Lipinski definition) is 2. The van der Waals surface area contributed by atoms with Gasteiger partial charge in [-0.25, -0.2) is 4.39 Å². The maximum absolute atomic E-state index is 15.1. The molecule has 170 valence electrons. The largest absolute Gasteiger partial charge is 0.481 e. The minimum Gasteiger partial charge on any atom is -0.481 e. The molecule has 32 heavy (non-hydrogen) atoms. The van der Waals surface area contributed by atoms with Crippen molar-refractivity contribution in [1.29, 1.82) is 0 Å². The highest BCUT2D eigenvalue weighted by atomic mass is 19.1. The highest BCUT2D eigenvalue weighted by molar-refractivity contribution is 6.10. The van der Waals surface area contributed by atoms with Crippen LogP contribution in [-0.4, -0.2) is 40.6 Å². The number of benzene rings is 1. The van der Waals surface area contributed by atoms with Gasteiger partial charge in [0.15, 0.2) is 0 Å². The molecule has 2 aliphatic rings. The number of methoxy groups -OCH3 is 1. The van der Waals surface area contributed by atoms with Crippen LogP contribution in [0.25, 0.3) is 0 Å². The number of carboxylic acid groups (broad SMARTS) is 1. The van der Waals surface area contributed by atoms with E-state index in [1.165, 1.54) is 18.1 Å². The molecule has 1 amide bonds.